The molecule has 0 saturated carbocycles. The van der Waals surface area contributed by atoms with Crippen molar-refractivity contribution in [1.29, 1.82) is 0 Å². The third kappa shape index (κ3) is 5.06. The van der Waals surface area contributed by atoms with Crippen LogP contribution in [0.4, 0.5) is 22.2 Å². The van der Waals surface area contributed by atoms with E-state index in [2.05, 4.69) is 42.3 Å². The zero-order valence-corrected chi connectivity index (χ0v) is 20.9. The number of fused-ring (bicyclic) bond motifs is 1. The summed E-state index contributed by atoms with van der Waals surface area (Å²) in [5.41, 5.74) is 3.89. The predicted molar refractivity (Wildman–Crippen MR) is 137 cm³/mol. The number of rotatable bonds is 5. The van der Waals surface area contributed by atoms with Gasteiger partial charge in [0.05, 0.1) is 31.5 Å². The van der Waals surface area contributed by atoms with Gasteiger partial charge in [-0.3, -0.25) is 5.32 Å². The number of nitrogens with zero attached hydrogens (tertiary/aromatic N) is 7. The number of amides is 2. The SMILES string of the molecule is CCNC(=O)Nc1ccc(-c2nc3c(c(N4CCOCC4C)n2)CCN(c2cc(C)ncn2)C3)cn1. The molecule has 0 bridgehead atoms. The van der Waals surface area contributed by atoms with Crippen LogP contribution in [0.25, 0.3) is 11.4 Å². The van der Waals surface area contributed by atoms with E-state index in [1.807, 2.05) is 26.0 Å². The molecule has 1 fully saturated rings. The second-order valence-electron chi connectivity index (χ2n) is 9.02. The van der Waals surface area contributed by atoms with E-state index >= 15 is 0 Å². The molecule has 36 heavy (non-hydrogen) atoms. The average molecular weight is 490 g/mol. The maximum atomic E-state index is 11.8. The molecule has 188 valence electrons. The van der Waals surface area contributed by atoms with Gasteiger partial charge >= 0.3 is 6.03 Å². The first-order valence-corrected chi connectivity index (χ1v) is 12.3. The lowest BCUT2D eigenvalue weighted by Crippen LogP contribution is -2.45. The Morgan fingerprint density at radius 1 is 1.19 bits per heavy atom. The Kier molecular flexibility index (Phi) is 6.90. The van der Waals surface area contributed by atoms with Crippen LogP contribution >= 0.6 is 0 Å². The van der Waals surface area contributed by atoms with Gasteiger partial charge in [0.2, 0.25) is 0 Å². The van der Waals surface area contributed by atoms with Crippen LogP contribution in [0.2, 0.25) is 0 Å². The van der Waals surface area contributed by atoms with Gasteiger partial charge in [-0.1, -0.05) is 0 Å². The number of urea groups is 1. The highest BCUT2D eigenvalue weighted by Crippen LogP contribution is 2.32. The lowest BCUT2D eigenvalue weighted by Gasteiger charge is -2.38. The minimum Gasteiger partial charge on any atom is -0.377 e. The number of aromatic nitrogens is 5. The summed E-state index contributed by atoms with van der Waals surface area (Å²) >= 11 is 0. The van der Waals surface area contributed by atoms with Crippen LogP contribution < -0.4 is 20.4 Å². The van der Waals surface area contributed by atoms with Crippen molar-refractivity contribution >= 4 is 23.5 Å². The van der Waals surface area contributed by atoms with E-state index in [4.69, 9.17) is 14.7 Å². The van der Waals surface area contributed by atoms with Gasteiger partial charge in [0.1, 0.15) is 23.8 Å². The third-order valence-corrected chi connectivity index (χ3v) is 6.40. The molecular weight excluding hydrogens is 458 g/mol. The van der Waals surface area contributed by atoms with Gasteiger partial charge in [-0.25, -0.2) is 29.7 Å². The summed E-state index contributed by atoms with van der Waals surface area (Å²) in [4.78, 5) is 39.5. The van der Waals surface area contributed by atoms with Crippen molar-refractivity contribution in [3.8, 4) is 11.4 Å². The molecule has 3 aromatic rings. The zero-order chi connectivity index (χ0) is 25.1. The monoisotopic (exact) mass is 489 g/mol. The standard InChI is InChI=1S/C25H31N9O2/c1-4-26-25(35)31-21-6-5-18(12-27-21)23-30-20-13-33(22-11-16(2)28-15-29-22)8-7-19(20)24(32-23)34-9-10-36-14-17(34)3/h5-6,11-12,15,17H,4,7-10,13-14H2,1-3H3,(H2,26,27,31,35). The summed E-state index contributed by atoms with van der Waals surface area (Å²) in [6, 6.07) is 5.58. The lowest BCUT2D eigenvalue weighted by molar-refractivity contribution is 0.0984. The molecule has 5 rings (SSSR count). The largest absolute Gasteiger partial charge is 0.377 e. The number of hydrogen-bond acceptors (Lipinski definition) is 9. The first-order chi connectivity index (χ1) is 17.5. The van der Waals surface area contributed by atoms with E-state index in [-0.39, 0.29) is 12.1 Å². The Labute approximate surface area is 210 Å². The fraction of sp³-hybridized carbons (Fsp3) is 0.440. The number of pyridine rings is 1. The van der Waals surface area contributed by atoms with Crippen LogP contribution in [0.5, 0.6) is 0 Å². The van der Waals surface area contributed by atoms with Gasteiger partial charge in [0.25, 0.3) is 0 Å². The maximum absolute atomic E-state index is 11.8. The Balaban J connectivity index is 1.50. The minimum absolute atomic E-state index is 0.218. The van der Waals surface area contributed by atoms with Gasteiger partial charge in [0, 0.05) is 48.7 Å². The summed E-state index contributed by atoms with van der Waals surface area (Å²) in [7, 11) is 0. The summed E-state index contributed by atoms with van der Waals surface area (Å²) in [6.45, 7) is 10.1. The normalized spacial score (nSPS) is 17.5. The third-order valence-electron chi connectivity index (χ3n) is 6.40. The molecule has 1 saturated heterocycles. The van der Waals surface area contributed by atoms with Crippen molar-refractivity contribution in [2.75, 3.05) is 48.0 Å². The number of nitrogens with one attached hydrogen (secondary N) is 2. The maximum Gasteiger partial charge on any atom is 0.320 e. The molecule has 5 heterocycles. The molecule has 11 nitrogen and oxygen atoms in total. The topological polar surface area (TPSA) is 121 Å². The second-order valence-corrected chi connectivity index (χ2v) is 9.02. The summed E-state index contributed by atoms with van der Waals surface area (Å²) in [6.07, 6.45) is 4.13. The highest BCUT2D eigenvalue weighted by atomic mass is 16.5. The van der Waals surface area contributed by atoms with E-state index in [0.717, 1.165) is 48.1 Å². The predicted octanol–water partition coefficient (Wildman–Crippen LogP) is 2.57. The molecule has 2 aliphatic heterocycles. The highest BCUT2D eigenvalue weighted by molar-refractivity contribution is 5.88. The molecule has 0 aromatic carbocycles. The quantitative estimate of drug-likeness (QED) is 0.557. The second kappa shape index (κ2) is 10.4. The molecule has 11 heteroatoms. The Morgan fingerprint density at radius 3 is 2.83 bits per heavy atom. The number of hydrogen-bond donors (Lipinski definition) is 2. The molecule has 3 aromatic heterocycles. The fourth-order valence-corrected chi connectivity index (χ4v) is 4.55. The fourth-order valence-electron chi connectivity index (χ4n) is 4.55. The molecule has 1 unspecified atom stereocenters. The van der Waals surface area contributed by atoms with Crippen LogP contribution in [0, 0.1) is 6.92 Å². The highest BCUT2D eigenvalue weighted by Gasteiger charge is 2.29. The molecule has 1 atom stereocenters. The number of aryl methyl sites for hydroxylation is 1. The zero-order valence-electron chi connectivity index (χ0n) is 20.9. The average Bonchev–Trinajstić information content (AvgIpc) is 2.88. The number of carbonyl (C=O) groups excluding carboxylic acids is 1. The summed E-state index contributed by atoms with van der Waals surface area (Å²) in [5.74, 6) is 2.95. The van der Waals surface area contributed by atoms with Crippen LogP contribution in [0.1, 0.15) is 30.8 Å². The number of morpholine rings is 1. The van der Waals surface area contributed by atoms with Gasteiger partial charge in [-0.15, -0.1) is 0 Å². The van der Waals surface area contributed by atoms with E-state index in [1.165, 1.54) is 5.56 Å². The van der Waals surface area contributed by atoms with E-state index in [0.29, 0.717) is 37.9 Å². The molecular formula is C25H31N9O2. The van der Waals surface area contributed by atoms with Crippen LogP contribution in [-0.2, 0) is 17.7 Å². The van der Waals surface area contributed by atoms with Gasteiger partial charge in [-0.05, 0) is 39.3 Å². The van der Waals surface area contributed by atoms with E-state index < -0.39 is 0 Å². The number of ether oxygens (including phenoxy) is 1. The van der Waals surface area contributed by atoms with Crippen LogP contribution in [0.15, 0.2) is 30.7 Å². The van der Waals surface area contributed by atoms with Crippen molar-refractivity contribution in [1.82, 2.24) is 30.2 Å². The van der Waals surface area contributed by atoms with Crippen molar-refractivity contribution in [3.05, 3.63) is 47.7 Å². The van der Waals surface area contributed by atoms with Gasteiger partial charge in [-0.2, -0.15) is 0 Å². The van der Waals surface area contributed by atoms with Crippen molar-refractivity contribution in [2.45, 2.75) is 39.8 Å². The molecule has 0 aliphatic carbocycles. The van der Waals surface area contributed by atoms with Gasteiger partial charge < -0.3 is 19.9 Å². The number of anilines is 3. The van der Waals surface area contributed by atoms with Crippen LogP contribution in [-0.4, -0.2) is 69.8 Å². The molecule has 2 aliphatic rings. The van der Waals surface area contributed by atoms with Crippen molar-refractivity contribution < 1.29 is 9.53 Å². The van der Waals surface area contributed by atoms with Gasteiger partial charge in [0.15, 0.2) is 5.82 Å². The first-order valence-electron chi connectivity index (χ1n) is 12.3. The summed E-state index contributed by atoms with van der Waals surface area (Å²) < 4.78 is 5.68. The summed E-state index contributed by atoms with van der Waals surface area (Å²) in [5, 5.41) is 5.43. The van der Waals surface area contributed by atoms with E-state index in [9.17, 15) is 4.79 Å². The van der Waals surface area contributed by atoms with Crippen LogP contribution in [0.3, 0.4) is 0 Å². The Hall–Kier alpha value is -3.86. The molecule has 0 spiro atoms. The Morgan fingerprint density at radius 2 is 2.08 bits per heavy atom. The minimum atomic E-state index is -0.286. The van der Waals surface area contributed by atoms with Crippen molar-refractivity contribution in [2.24, 2.45) is 0 Å². The first kappa shape index (κ1) is 23.9. The number of carbonyl (C=O) groups is 1. The van der Waals surface area contributed by atoms with Crippen molar-refractivity contribution in [3.63, 3.8) is 0 Å². The Bertz CT molecular complexity index is 1230. The smallest absolute Gasteiger partial charge is 0.320 e. The molecule has 2 N–H and O–H groups in total. The van der Waals surface area contributed by atoms with E-state index in [1.54, 1.807) is 18.6 Å². The molecule has 2 amide bonds. The molecule has 0 radical (unpaired) electrons. The lowest BCUT2D eigenvalue weighted by atomic mass is 10.0.